The lowest BCUT2D eigenvalue weighted by atomic mass is 10.2. The number of nitrogens with zero attached hydrogens (tertiary/aromatic N) is 2. The maximum Gasteiger partial charge on any atom is 0.254 e. The summed E-state index contributed by atoms with van der Waals surface area (Å²) in [5, 5.41) is 5.10. The van der Waals surface area contributed by atoms with E-state index in [4.69, 9.17) is 0 Å². The standard InChI is InChI=1S/C15H19N3OS2/c1-16-7-8-18(2)15(19)13-5-3-4-6-14(13)21-10-12-9-20-11-17-12/h3-6,9,11,16H,7-8,10H2,1-2H3. The number of aromatic nitrogens is 1. The van der Waals surface area contributed by atoms with Crippen molar-refractivity contribution in [3.05, 3.63) is 46.4 Å². The second-order valence-electron chi connectivity index (χ2n) is 4.59. The molecule has 0 fully saturated rings. The molecule has 6 heteroatoms. The zero-order chi connectivity index (χ0) is 15.1. The van der Waals surface area contributed by atoms with E-state index in [1.807, 2.05) is 49.3 Å². The van der Waals surface area contributed by atoms with E-state index < -0.39 is 0 Å². The highest BCUT2D eigenvalue weighted by Gasteiger charge is 2.15. The number of hydrogen-bond donors (Lipinski definition) is 1. The van der Waals surface area contributed by atoms with Gasteiger partial charge in [0.15, 0.2) is 0 Å². The van der Waals surface area contributed by atoms with Crippen LogP contribution in [0.1, 0.15) is 16.1 Å². The molecule has 0 spiro atoms. The Morgan fingerprint density at radius 2 is 2.24 bits per heavy atom. The molecule has 0 aliphatic carbocycles. The second kappa shape index (κ2) is 8.17. The first-order valence-electron chi connectivity index (χ1n) is 6.71. The molecule has 21 heavy (non-hydrogen) atoms. The molecule has 0 saturated carbocycles. The van der Waals surface area contributed by atoms with Gasteiger partial charge in [0, 0.05) is 36.2 Å². The van der Waals surface area contributed by atoms with Crippen LogP contribution in [0.5, 0.6) is 0 Å². The van der Waals surface area contributed by atoms with Crippen LogP contribution in [-0.4, -0.2) is 43.0 Å². The molecule has 0 unspecified atom stereocenters. The highest BCUT2D eigenvalue weighted by molar-refractivity contribution is 7.98. The van der Waals surface area contributed by atoms with Crippen LogP contribution in [0.4, 0.5) is 0 Å². The van der Waals surface area contributed by atoms with Crippen LogP contribution in [0.3, 0.4) is 0 Å². The number of nitrogens with one attached hydrogen (secondary N) is 1. The number of likely N-dealkylation sites (N-methyl/N-ethyl adjacent to an activating group) is 2. The van der Waals surface area contributed by atoms with Gasteiger partial charge in [0.05, 0.1) is 16.8 Å². The van der Waals surface area contributed by atoms with Crippen molar-refractivity contribution >= 4 is 29.0 Å². The van der Waals surface area contributed by atoms with E-state index in [1.54, 1.807) is 28.0 Å². The fraction of sp³-hybridized carbons (Fsp3) is 0.333. The molecule has 1 aromatic carbocycles. The number of carbonyl (C=O) groups excluding carboxylic acids is 1. The molecule has 0 bridgehead atoms. The lowest BCUT2D eigenvalue weighted by Crippen LogP contribution is -2.33. The Labute approximate surface area is 133 Å². The van der Waals surface area contributed by atoms with Crippen molar-refractivity contribution < 1.29 is 4.79 Å². The van der Waals surface area contributed by atoms with Crippen LogP contribution in [-0.2, 0) is 5.75 Å². The van der Waals surface area contributed by atoms with Crippen molar-refractivity contribution in [2.24, 2.45) is 0 Å². The van der Waals surface area contributed by atoms with Gasteiger partial charge in [-0.15, -0.1) is 23.1 Å². The summed E-state index contributed by atoms with van der Waals surface area (Å²) in [5.74, 6) is 0.847. The monoisotopic (exact) mass is 321 g/mol. The number of benzene rings is 1. The lowest BCUT2D eigenvalue weighted by molar-refractivity contribution is 0.0793. The third-order valence-corrected chi connectivity index (χ3v) is 4.76. The van der Waals surface area contributed by atoms with Gasteiger partial charge in [-0.1, -0.05) is 12.1 Å². The highest BCUT2D eigenvalue weighted by Crippen LogP contribution is 2.26. The molecular weight excluding hydrogens is 302 g/mol. The summed E-state index contributed by atoms with van der Waals surface area (Å²) in [6.07, 6.45) is 0. The average molecular weight is 321 g/mol. The minimum Gasteiger partial charge on any atom is -0.340 e. The molecule has 4 nitrogen and oxygen atoms in total. The molecule has 1 N–H and O–H groups in total. The van der Waals surface area contributed by atoms with Gasteiger partial charge in [-0.2, -0.15) is 0 Å². The molecule has 1 heterocycles. The SMILES string of the molecule is CNCCN(C)C(=O)c1ccccc1SCc1cscn1. The van der Waals surface area contributed by atoms with Crippen molar-refractivity contribution in [2.45, 2.75) is 10.6 Å². The third kappa shape index (κ3) is 4.56. The zero-order valence-corrected chi connectivity index (χ0v) is 13.8. The van der Waals surface area contributed by atoms with E-state index in [-0.39, 0.29) is 5.91 Å². The molecule has 112 valence electrons. The van der Waals surface area contributed by atoms with Gasteiger partial charge in [-0.05, 0) is 19.2 Å². The van der Waals surface area contributed by atoms with Crippen LogP contribution in [0.15, 0.2) is 40.1 Å². The summed E-state index contributed by atoms with van der Waals surface area (Å²) >= 11 is 3.25. The Morgan fingerprint density at radius 3 is 2.95 bits per heavy atom. The Bertz CT molecular complexity index is 572. The van der Waals surface area contributed by atoms with E-state index in [0.29, 0.717) is 6.54 Å². The molecule has 1 aromatic heterocycles. The molecule has 0 radical (unpaired) electrons. The second-order valence-corrected chi connectivity index (χ2v) is 6.33. The summed E-state index contributed by atoms with van der Waals surface area (Å²) in [7, 11) is 3.72. The van der Waals surface area contributed by atoms with Gasteiger partial charge in [0.25, 0.3) is 5.91 Å². The summed E-state index contributed by atoms with van der Waals surface area (Å²) in [6.45, 7) is 1.48. The maximum absolute atomic E-state index is 12.5. The Kier molecular flexibility index (Phi) is 6.22. The van der Waals surface area contributed by atoms with E-state index in [2.05, 4.69) is 10.3 Å². The quantitative estimate of drug-likeness (QED) is 0.797. The summed E-state index contributed by atoms with van der Waals surface area (Å²) in [6, 6.07) is 7.76. The number of rotatable bonds is 7. The molecular formula is C15H19N3OS2. The van der Waals surface area contributed by atoms with E-state index in [9.17, 15) is 4.79 Å². The average Bonchev–Trinajstić information content (AvgIpc) is 3.03. The minimum absolute atomic E-state index is 0.0617. The van der Waals surface area contributed by atoms with Gasteiger partial charge in [-0.3, -0.25) is 4.79 Å². The van der Waals surface area contributed by atoms with Crippen LogP contribution < -0.4 is 5.32 Å². The van der Waals surface area contributed by atoms with Gasteiger partial charge < -0.3 is 10.2 Å². The first-order valence-corrected chi connectivity index (χ1v) is 8.64. The van der Waals surface area contributed by atoms with E-state index in [0.717, 1.165) is 28.5 Å². The third-order valence-electron chi connectivity index (χ3n) is 3.02. The molecule has 2 aromatic rings. The Morgan fingerprint density at radius 1 is 1.43 bits per heavy atom. The lowest BCUT2D eigenvalue weighted by Gasteiger charge is -2.18. The van der Waals surface area contributed by atoms with Crippen molar-refractivity contribution in [1.82, 2.24) is 15.2 Å². The predicted molar refractivity (Wildman–Crippen MR) is 89.0 cm³/mol. The van der Waals surface area contributed by atoms with Crippen molar-refractivity contribution in [3.8, 4) is 0 Å². The topological polar surface area (TPSA) is 45.2 Å². The zero-order valence-electron chi connectivity index (χ0n) is 12.2. The fourth-order valence-electron chi connectivity index (χ4n) is 1.82. The molecule has 2 rings (SSSR count). The van der Waals surface area contributed by atoms with Crippen LogP contribution in [0, 0.1) is 0 Å². The largest absolute Gasteiger partial charge is 0.340 e. The molecule has 1 amide bonds. The van der Waals surface area contributed by atoms with Gasteiger partial charge in [0.1, 0.15) is 0 Å². The van der Waals surface area contributed by atoms with Crippen molar-refractivity contribution in [1.29, 1.82) is 0 Å². The minimum atomic E-state index is 0.0617. The summed E-state index contributed by atoms with van der Waals surface area (Å²) < 4.78 is 0. The molecule has 0 atom stereocenters. The number of thiazole rings is 1. The van der Waals surface area contributed by atoms with E-state index in [1.165, 1.54) is 0 Å². The van der Waals surface area contributed by atoms with Crippen LogP contribution in [0.2, 0.25) is 0 Å². The van der Waals surface area contributed by atoms with Crippen LogP contribution in [0.25, 0.3) is 0 Å². The molecule has 0 saturated heterocycles. The molecule has 0 aliphatic heterocycles. The smallest absolute Gasteiger partial charge is 0.254 e. The number of amides is 1. The van der Waals surface area contributed by atoms with Gasteiger partial charge in [-0.25, -0.2) is 4.98 Å². The first-order chi connectivity index (χ1) is 10.2. The Balaban J connectivity index is 2.07. The molecule has 0 aliphatic rings. The summed E-state index contributed by atoms with van der Waals surface area (Å²) in [5.41, 5.74) is 3.64. The first kappa shape index (κ1) is 16.0. The number of hydrogen-bond acceptors (Lipinski definition) is 5. The fourth-order valence-corrected chi connectivity index (χ4v) is 3.43. The number of carbonyl (C=O) groups is 1. The van der Waals surface area contributed by atoms with Gasteiger partial charge in [0.2, 0.25) is 0 Å². The van der Waals surface area contributed by atoms with Gasteiger partial charge >= 0.3 is 0 Å². The number of thioether (sulfide) groups is 1. The summed E-state index contributed by atoms with van der Waals surface area (Å²) in [4.78, 5) is 19.5. The maximum atomic E-state index is 12.5. The van der Waals surface area contributed by atoms with Crippen molar-refractivity contribution in [3.63, 3.8) is 0 Å². The normalized spacial score (nSPS) is 10.6. The van der Waals surface area contributed by atoms with Crippen LogP contribution >= 0.6 is 23.1 Å². The highest BCUT2D eigenvalue weighted by atomic mass is 32.2. The predicted octanol–water partition coefficient (Wildman–Crippen LogP) is 2.73. The van der Waals surface area contributed by atoms with Crippen molar-refractivity contribution in [2.75, 3.05) is 27.2 Å². The Hall–Kier alpha value is -1.37. The van der Waals surface area contributed by atoms with E-state index >= 15 is 0 Å².